The summed E-state index contributed by atoms with van der Waals surface area (Å²) in [7, 11) is 0. The molecular weight excluding hydrogens is 342 g/mol. The second-order valence-electron chi connectivity index (χ2n) is 7.92. The average Bonchev–Trinajstić information content (AvgIpc) is 2.96. The zero-order valence-electron chi connectivity index (χ0n) is 16.3. The number of carboxylic acids is 1. The molecule has 144 valence electrons. The van der Waals surface area contributed by atoms with Crippen molar-refractivity contribution in [2.45, 2.75) is 64.5 Å². The van der Waals surface area contributed by atoms with Crippen molar-refractivity contribution >= 4 is 11.9 Å². The van der Waals surface area contributed by atoms with Gasteiger partial charge in [-0.05, 0) is 51.5 Å². The maximum Gasteiger partial charge on any atom is 0.326 e. The van der Waals surface area contributed by atoms with Gasteiger partial charge < -0.3 is 10.4 Å². The number of benzene rings is 1. The van der Waals surface area contributed by atoms with Crippen LogP contribution in [-0.2, 0) is 16.8 Å². The largest absolute Gasteiger partial charge is 0.480 e. The van der Waals surface area contributed by atoms with E-state index in [0.29, 0.717) is 24.1 Å². The standard InChI is InChI=1S/C21H27N3O3/c1-5-16(20(26)27)22-19(25)18-13(2)23-24-17(18)11-15(12-21(24,3)4)14-9-7-6-8-10-14/h6-10,15-16H,5,11-12H2,1-4H3,(H,22,25)(H,26,27)/t15-,16?/m0/s1. The predicted octanol–water partition coefficient (Wildman–Crippen LogP) is 3.25. The van der Waals surface area contributed by atoms with Crippen LogP contribution in [-0.4, -0.2) is 32.8 Å². The smallest absolute Gasteiger partial charge is 0.326 e. The summed E-state index contributed by atoms with van der Waals surface area (Å²) in [5.74, 6) is -1.09. The summed E-state index contributed by atoms with van der Waals surface area (Å²) in [5, 5.41) is 16.6. The summed E-state index contributed by atoms with van der Waals surface area (Å²) in [6, 6.07) is 9.42. The van der Waals surface area contributed by atoms with Crippen LogP contribution in [0.15, 0.2) is 30.3 Å². The molecule has 0 fully saturated rings. The Morgan fingerprint density at radius 2 is 2.00 bits per heavy atom. The minimum absolute atomic E-state index is 0.228. The van der Waals surface area contributed by atoms with E-state index in [0.717, 1.165) is 12.1 Å². The van der Waals surface area contributed by atoms with Gasteiger partial charge in [-0.2, -0.15) is 5.10 Å². The number of nitrogens with zero attached hydrogens (tertiary/aromatic N) is 2. The molecule has 0 saturated heterocycles. The molecule has 1 aromatic heterocycles. The lowest BCUT2D eigenvalue weighted by molar-refractivity contribution is -0.139. The van der Waals surface area contributed by atoms with Crippen molar-refractivity contribution in [2.24, 2.45) is 0 Å². The Kier molecular flexibility index (Phi) is 5.09. The van der Waals surface area contributed by atoms with Gasteiger partial charge in [-0.25, -0.2) is 4.79 Å². The Hall–Kier alpha value is -2.63. The third-order valence-electron chi connectivity index (χ3n) is 5.42. The first-order valence-electron chi connectivity index (χ1n) is 9.42. The van der Waals surface area contributed by atoms with Crippen LogP contribution in [0.3, 0.4) is 0 Å². The lowest BCUT2D eigenvalue weighted by atomic mass is 9.79. The van der Waals surface area contributed by atoms with Crippen molar-refractivity contribution in [3.8, 4) is 0 Å². The van der Waals surface area contributed by atoms with Gasteiger partial charge in [0.1, 0.15) is 6.04 Å². The Morgan fingerprint density at radius 3 is 2.59 bits per heavy atom. The van der Waals surface area contributed by atoms with E-state index in [1.54, 1.807) is 6.92 Å². The van der Waals surface area contributed by atoms with E-state index < -0.39 is 12.0 Å². The van der Waals surface area contributed by atoms with Crippen LogP contribution in [0.4, 0.5) is 0 Å². The van der Waals surface area contributed by atoms with Crippen molar-refractivity contribution in [1.82, 2.24) is 15.1 Å². The Labute approximate surface area is 159 Å². The molecule has 0 bridgehead atoms. The topological polar surface area (TPSA) is 84.2 Å². The number of aryl methyl sites for hydroxylation is 1. The van der Waals surface area contributed by atoms with E-state index in [2.05, 4.69) is 36.4 Å². The van der Waals surface area contributed by atoms with Gasteiger partial charge in [0, 0.05) is 0 Å². The normalized spacial score (nSPS) is 19.2. The summed E-state index contributed by atoms with van der Waals surface area (Å²) in [6.45, 7) is 7.82. The summed E-state index contributed by atoms with van der Waals surface area (Å²) in [6.07, 6.45) is 1.97. The van der Waals surface area contributed by atoms with Crippen molar-refractivity contribution < 1.29 is 14.7 Å². The number of aromatic nitrogens is 2. The zero-order valence-corrected chi connectivity index (χ0v) is 16.3. The fourth-order valence-corrected chi connectivity index (χ4v) is 4.08. The molecule has 2 atom stereocenters. The van der Waals surface area contributed by atoms with E-state index in [1.807, 2.05) is 29.8 Å². The Bertz CT molecular complexity index is 855. The number of rotatable bonds is 5. The maximum atomic E-state index is 12.9. The molecule has 1 aliphatic heterocycles. The minimum atomic E-state index is -1.02. The summed E-state index contributed by atoms with van der Waals surface area (Å²) in [4.78, 5) is 24.2. The van der Waals surface area contributed by atoms with Crippen LogP contribution in [0.25, 0.3) is 0 Å². The molecule has 0 aliphatic carbocycles. The third kappa shape index (κ3) is 3.61. The molecule has 1 aliphatic rings. The second-order valence-corrected chi connectivity index (χ2v) is 7.92. The van der Waals surface area contributed by atoms with Gasteiger partial charge in [-0.15, -0.1) is 0 Å². The molecule has 1 aromatic carbocycles. The number of carboxylic acid groups (broad SMARTS) is 1. The van der Waals surface area contributed by atoms with Crippen molar-refractivity contribution in [3.63, 3.8) is 0 Å². The fourth-order valence-electron chi connectivity index (χ4n) is 4.08. The van der Waals surface area contributed by atoms with E-state index >= 15 is 0 Å². The summed E-state index contributed by atoms with van der Waals surface area (Å²) < 4.78 is 1.96. The monoisotopic (exact) mass is 369 g/mol. The third-order valence-corrected chi connectivity index (χ3v) is 5.42. The first-order chi connectivity index (χ1) is 12.7. The van der Waals surface area contributed by atoms with Crippen molar-refractivity contribution in [3.05, 3.63) is 52.8 Å². The van der Waals surface area contributed by atoms with Gasteiger partial charge in [-0.3, -0.25) is 9.48 Å². The molecule has 1 amide bonds. The van der Waals surface area contributed by atoms with Crippen LogP contribution >= 0.6 is 0 Å². The number of hydrogen-bond acceptors (Lipinski definition) is 3. The second kappa shape index (κ2) is 7.18. The molecule has 1 unspecified atom stereocenters. The van der Waals surface area contributed by atoms with E-state index in [-0.39, 0.29) is 17.4 Å². The highest BCUT2D eigenvalue weighted by Crippen LogP contribution is 2.40. The summed E-state index contributed by atoms with van der Waals surface area (Å²) in [5.41, 5.74) is 3.07. The quantitative estimate of drug-likeness (QED) is 0.847. The Balaban J connectivity index is 1.99. The van der Waals surface area contributed by atoms with Crippen LogP contribution in [0.2, 0.25) is 0 Å². The molecule has 0 spiro atoms. The van der Waals surface area contributed by atoms with E-state index in [4.69, 9.17) is 0 Å². The number of fused-ring (bicyclic) bond motifs is 1. The highest BCUT2D eigenvalue weighted by Gasteiger charge is 2.38. The molecule has 2 heterocycles. The van der Waals surface area contributed by atoms with Crippen molar-refractivity contribution in [2.75, 3.05) is 0 Å². The lowest BCUT2D eigenvalue weighted by Crippen LogP contribution is -2.41. The van der Waals surface area contributed by atoms with Gasteiger partial charge in [0.25, 0.3) is 5.91 Å². The van der Waals surface area contributed by atoms with Gasteiger partial charge in [0.05, 0.1) is 22.5 Å². The fraction of sp³-hybridized carbons (Fsp3) is 0.476. The van der Waals surface area contributed by atoms with Gasteiger partial charge >= 0.3 is 5.97 Å². The number of amides is 1. The van der Waals surface area contributed by atoms with Crippen LogP contribution in [0, 0.1) is 6.92 Å². The van der Waals surface area contributed by atoms with E-state index in [1.165, 1.54) is 5.56 Å². The molecule has 6 heteroatoms. The molecule has 0 saturated carbocycles. The highest BCUT2D eigenvalue weighted by molar-refractivity contribution is 5.98. The molecular formula is C21H27N3O3. The highest BCUT2D eigenvalue weighted by atomic mass is 16.4. The predicted molar refractivity (Wildman–Crippen MR) is 103 cm³/mol. The van der Waals surface area contributed by atoms with Crippen LogP contribution in [0.5, 0.6) is 0 Å². The molecule has 0 radical (unpaired) electrons. The van der Waals surface area contributed by atoms with Gasteiger partial charge in [0.15, 0.2) is 0 Å². The first kappa shape index (κ1) is 19.1. The number of hydrogen-bond donors (Lipinski definition) is 2. The SMILES string of the molecule is CCC(NC(=O)c1c(C)nn2c1C[C@H](c1ccccc1)CC2(C)C)C(=O)O. The zero-order chi connectivity index (χ0) is 19.8. The number of aliphatic carboxylic acids is 1. The molecule has 2 aromatic rings. The van der Waals surface area contributed by atoms with E-state index in [9.17, 15) is 14.7 Å². The number of carbonyl (C=O) groups excluding carboxylic acids is 1. The molecule has 27 heavy (non-hydrogen) atoms. The average molecular weight is 369 g/mol. The molecule has 2 N–H and O–H groups in total. The van der Waals surface area contributed by atoms with Crippen molar-refractivity contribution in [1.29, 1.82) is 0 Å². The number of nitrogens with one attached hydrogen (secondary N) is 1. The van der Waals surface area contributed by atoms with Gasteiger partial charge in [-0.1, -0.05) is 37.3 Å². The minimum Gasteiger partial charge on any atom is -0.480 e. The van der Waals surface area contributed by atoms with Gasteiger partial charge in [0.2, 0.25) is 0 Å². The first-order valence-corrected chi connectivity index (χ1v) is 9.42. The van der Waals surface area contributed by atoms with Crippen LogP contribution < -0.4 is 5.32 Å². The van der Waals surface area contributed by atoms with Crippen LogP contribution in [0.1, 0.15) is 66.8 Å². The lowest BCUT2D eigenvalue weighted by Gasteiger charge is -2.37. The molecule has 6 nitrogen and oxygen atoms in total. The molecule has 3 rings (SSSR count). The Morgan fingerprint density at radius 1 is 1.33 bits per heavy atom. The number of carbonyl (C=O) groups is 2. The summed E-state index contributed by atoms with van der Waals surface area (Å²) >= 11 is 0. The maximum absolute atomic E-state index is 12.9.